The molecule has 0 aliphatic heterocycles. The van der Waals surface area contributed by atoms with Crippen LogP contribution in [0.2, 0.25) is 0 Å². The van der Waals surface area contributed by atoms with Crippen molar-refractivity contribution in [3.8, 4) is 5.75 Å². The molecule has 1 aliphatic carbocycles. The van der Waals surface area contributed by atoms with Crippen LogP contribution in [0.4, 0.5) is 0 Å². The van der Waals surface area contributed by atoms with Gasteiger partial charge in [-0.1, -0.05) is 33.8 Å². The summed E-state index contributed by atoms with van der Waals surface area (Å²) < 4.78 is 10.3. The average Bonchev–Trinajstić information content (AvgIpc) is 2.66. The van der Waals surface area contributed by atoms with Gasteiger partial charge in [0.1, 0.15) is 5.75 Å². The van der Waals surface area contributed by atoms with E-state index in [9.17, 15) is 9.59 Å². The summed E-state index contributed by atoms with van der Waals surface area (Å²) in [5.41, 5.74) is 4.33. The quantitative estimate of drug-likeness (QED) is 0.532. The van der Waals surface area contributed by atoms with Crippen LogP contribution < -0.4 is 4.74 Å². The highest BCUT2D eigenvalue weighted by molar-refractivity contribution is 5.92. The van der Waals surface area contributed by atoms with Gasteiger partial charge in [-0.15, -0.1) is 0 Å². The summed E-state index contributed by atoms with van der Waals surface area (Å²) in [5, 5.41) is 0. The van der Waals surface area contributed by atoms with Crippen molar-refractivity contribution in [2.45, 2.75) is 58.3 Å². The molecule has 0 bridgehead atoms. The van der Waals surface area contributed by atoms with Crippen molar-refractivity contribution in [1.82, 2.24) is 0 Å². The molecule has 28 heavy (non-hydrogen) atoms. The van der Waals surface area contributed by atoms with E-state index >= 15 is 0 Å². The largest absolute Gasteiger partial charge is 0.465 e. The van der Waals surface area contributed by atoms with Crippen molar-refractivity contribution < 1.29 is 19.1 Å². The summed E-state index contributed by atoms with van der Waals surface area (Å²) in [5.74, 6) is -0.369. The lowest BCUT2D eigenvalue weighted by Gasteiger charge is -2.41. The predicted molar refractivity (Wildman–Crippen MR) is 109 cm³/mol. The minimum Gasteiger partial charge on any atom is -0.465 e. The number of ether oxygens (including phenoxy) is 2. The third kappa shape index (κ3) is 3.68. The maximum absolute atomic E-state index is 12.8. The molecule has 1 aliphatic rings. The molecule has 0 spiro atoms. The average molecular weight is 380 g/mol. The van der Waals surface area contributed by atoms with Gasteiger partial charge in [-0.05, 0) is 77.6 Å². The van der Waals surface area contributed by atoms with E-state index in [0.29, 0.717) is 22.4 Å². The molecule has 0 heterocycles. The van der Waals surface area contributed by atoms with Crippen LogP contribution in [-0.2, 0) is 15.6 Å². The number of fused-ring (bicyclic) bond motifs is 1. The molecule has 4 nitrogen and oxygen atoms in total. The molecule has 0 amide bonds. The molecule has 2 aromatic carbocycles. The second kappa shape index (κ2) is 7.08. The van der Waals surface area contributed by atoms with E-state index in [1.165, 1.54) is 18.2 Å². The van der Waals surface area contributed by atoms with E-state index in [1.54, 1.807) is 25.1 Å². The number of hydrogen-bond acceptors (Lipinski definition) is 4. The first kappa shape index (κ1) is 20.1. The summed E-state index contributed by atoms with van der Waals surface area (Å²) in [4.78, 5) is 24.4. The number of benzene rings is 2. The van der Waals surface area contributed by atoms with Crippen molar-refractivity contribution in [3.05, 3.63) is 64.2 Å². The van der Waals surface area contributed by atoms with Gasteiger partial charge in [-0.25, -0.2) is 9.59 Å². The maximum atomic E-state index is 12.8. The number of hydrogen-bond donors (Lipinski definition) is 0. The van der Waals surface area contributed by atoms with Crippen LogP contribution in [0.3, 0.4) is 0 Å². The first-order valence-corrected chi connectivity index (χ1v) is 9.61. The Balaban J connectivity index is 1.89. The molecule has 148 valence electrons. The number of rotatable bonds is 3. The zero-order chi connectivity index (χ0) is 20.7. The monoisotopic (exact) mass is 380 g/mol. The first-order chi connectivity index (χ1) is 13.0. The fraction of sp³-hybridized carbons (Fsp3) is 0.417. The number of carbonyl (C=O) groups is 2. The molecule has 0 N–H and O–H groups in total. The molecule has 0 atom stereocenters. The highest BCUT2D eigenvalue weighted by Crippen LogP contribution is 2.45. The van der Waals surface area contributed by atoms with Crippen LogP contribution in [0.15, 0.2) is 36.4 Å². The number of methoxy groups -OCH3 is 1. The Hall–Kier alpha value is -2.62. The van der Waals surface area contributed by atoms with Crippen LogP contribution in [0.1, 0.15) is 77.9 Å². The van der Waals surface area contributed by atoms with E-state index < -0.39 is 11.9 Å². The van der Waals surface area contributed by atoms with Gasteiger partial charge in [-0.3, -0.25) is 0 Å². The summed E-state index contributed by atoms with van der Waals surface area (Å²) in [6.07, 6.45) is 2.21. The van der Waals surface area contributed by atoms with Crippen LogP contribution in [0.5, 0.6) is 5.75 Å². The lowest BCUT2D eigenvalue weighted by atomic mass is 9.63. The molecule has 0 fully saturated rings. The van der Waals surface area contributed by atoms with Gasteiger partial charge < -0.3 is 9.47 Å². The van der Waals surface area contributed by atoms with Gasteiger partial charge in [0.15, 0.2) is 0 Å². The van der Waals surface area contributed by atoms with E-state index in [4.69, 9.17) is 9.47 Å². The highest BCUT2D eigenvalue weighted by atomic mass is 16.5. The summed E-state index contributed by atoms with van der Waals surface area (Å²) in [6.45, 7) is 10.8. The normalized spacial score (nSPS) is 16.8. The van der Waals surface area contributed by atoms with Crippen molar-refractivity contribution in [2.75, 3.05) is 7.11 Å². The molecule has 0 saturated heterocycles. The Bertz CT molecular complexity index is 938. The molecule has 0 aromatic heterocycles. The Kier molecular flexibility index (Phi) is 5.09. The fourth-order valence-electron chi connectivity index (χ4n) is 3.88. The Morgan fingerprint density at radius 1 is 0.821 bits per heavy atom. The topological polar surface area (TPSA) is 52.6 Å². The van der Waals surface area contributed by atoms with E-state index in [2.05, 4.69) is 33.8 Å². The summed E-state index contributed by atoms with van der Waals surface area (Å²) in [7, 11) is 1.34. The lowest BCUT2D eigenvalue weighted by molar-refractivity contribution is 0.0600. The molecule has 0 radical (unpaired) electrons. The zero-order valence-electron chi connectivity index (χ0n) is 17.5. The third-order valence-electron chi connectivity index (χ3n) is 5.89. The van der Waals surface area contributed by atoms with Gasteiger partial charge in [0.25, 0.3) is 0 Å². The fourth-order valence-corrected chi connectivity index (χ4v) is 3.88. The minimum absolute atomic E-state index is 0.0270. The van der Waals surface area contributed by atoms with Gasteiger partial charge in [-0.2, -0.15) is 0 Å². The predicted octanol–water partition coefficient (Wildman–Crippen LogP) is 5.35. The molecular formula is C24H28O4. The summed E-state index contributed by atoms with van der Waals surface area (Å²) in [6, 6.07) is 10.8. The Morgan fingerprint density at radius 2 is 1.39 bits per heavy atom. The lowest BCUT2D eigenvalue weighted by Crippen LogP contribution is -2.34. The van der Waals surface area contributed by atoms with Crippen LogP contribution in [0, 0.1) is 6.92 Å². The van der Waals surface area contributed by atoms with Gasteiger partial charge in [0.2, 0.25) is 0 Å². The van der Waals surface area contributed by atoms with Crippen molar-refractivity contribution in [1.29, 1.82) is 0 Å². The Morgan fingerprint density at radius 3 is 2.00 bits per heavy atom. The summed E-state index contributed by atoms with van der Waals surface area (Å²) >= 11 is 0. The molecule has 4 heteroatoms. The SMILES string of the molecule is COC(=O)c1ccc(OC(=O)c2ccc3c(c2)C(C)(C)CCC3(C)C)c(C)c1. The van der Waals surface area contributed by atoms with E-state index in [1.807, 2.05) is 12.1 Å². The van der Waals surface area contributed by atoms with Crippen molar-refractivity contribution in [3.63, 3.8) is 0 Å². The van der Waals surface area contributed by atoms with Gasteiger partial charge in [0, 0.05) is 0 Å². The molecule has 0 saturated carbocycles. The van der Waals surface area contributed by atoms with Crippen LogP contribution in [-0.4, -0.2) is 19.0 Å². The van der Waals surface area contributed by atoms with Crippen molar-refractivity contribution >= 4 is 11.9 Å². The molecule has 0 unspecified atom stereocenters. The minimum atomic E-state index is -0.416. The first-order valence-electron chi connectivity index (χ1n) is 9.61. The zero-order valence-corrected chi connectivity index (χ0v) is 17.5. The second-order valence-electron chi connectivity index (χ2n) is 8.89. The standard InChI is InChI=1S/C24H28O4/c1-15-13-16(21(25)27-6)8-10-20(15)28-22(26)17-7-9-18-19(14-17)24(4,5)12-11-23(18,2)3/h7-10,13-14H,11-12H2,1-6H3. The number of esters is 2. The number of carbonyl (C=O) groups excluding carboxylic acids is 2. The maximum Gasteiger partial charge on any atom is 0.343 e. The van der Waals surface area contributed by atoms with Gasteiger partial charge >= 0.3 is 11.9 Å². The smallest absolute Gasteiger partial charge is 0.343 e. The molecule has 3 rings (SSSR count). The second-order valence-corrected chi connectivity index (χ2v) is 8.89. The van der Waals surface area contributed by atoms with Gasteiger partial charge in [0.05, 0.1) is 18.2 Å². The molecule has 2 aromatic rings. The third-order valence-corrected chi connectivity index (χ3v) is 5.89. The van der Waals surface area contributed by atoms with Crippen LogP contribution >= 0.6 is 0 Å². The van der Waals surface area contributed by atoms with E-state index in [0.717, 1.165) is 12.8 Å². The number of aryl methyl sites for hydroxylation is 1. The van der Waals surface area contributed by atoms with Crippen molar-refractivity contribution in [2.24, 2.45) is 0 Å². The Labute approximate surface area is 166 Å². The van der Waals surface area contributed by atoms with Crippen LogP contribution in [0.25, 0.3) is 0 Å². The van der Waals surface area contributed by atoms with E-state index in [-0.39, 0.29) is 10.8 Å². The molecular weight excluding hydrogens is 352 g/mol. The highest BCUT2D eigenvalue weighted by Gasteiger charge is 2.37.